The maximum Gasteiger partial charge on any atom is 0.263 e. The van der Waals surface area contributed by atoms with Crippen LogP contribution in [-0.2, 0) is 17.1 Å². The molecule has 2 saturated heterocycles. The molecule has 0 radical (unpaired) electrons. The minimum Gasteiger partial charge on any atom is -0.299 e. The Kier molecular flexibility index (Phi) is 4.35. The normalized spacial score (nSPS) is 25.5. The third-order valence-corrected chi connectivity index (χ3v) is 7.09. The molecule has 0 aromatic carbocycles. The van der Waals surface area contributed by atoms with Crippen molar-refractivity contribution < 1.29 is 8.42 Å². The van der Waals surface area contributed by atoms with E-state index in [0.29, 0.717) is 19.1 Å². The van der Waals surface area contributed by atoms with Gasteiger partial charge in [0.2, 0.25) is 5.03 Å². The molecular formula is C12H20BrN5O2S. The summed E-state index contributed by atoms with van der Waals surface area (Å²) in [6, 6.07) is 0.344. The third kappa shape index (κ3) is 2.88. The Morgan fingerprint density at radius 2 is 1.90 bits per heavy atom. The summed E-state index contributed by atoms with van der Waals surface area (Å²) >= 11 is 3.19. The fourth-order valence-corrected chi connectivity index (χ4v) is 5.81. The Labute approximate surface area is 133 Å². The molecule has 3 rings (SSSR count). The highest BCUT2D eigenvalue weighted by molar-refractivity contribution is 9.10. The Morgan fingerprint density at radius 3 is 2.52 bits per heavy atom. The molecule has 21 heavy (non-hydrogen) atoms. The fourth-order valence-electron chi connectivity index (χ4n) is 3.26. The van der Waals surface area contributed by atoms with Crippen molar-refractivity contribution in [2.24, 2.45) is 7.05 Å². The Hall–Kier alpha value is -0.510. The summed E-state index contributed by atoms with van der Waals surface area (Å²) in [7, 11) is -1.94. The van der Waals surface area contributed by atoms with Crippen molar-refractivity contribution in [2.45, 2.75) is 36.8 Å². The van der Waals surface area contributed by atoms with Crippen LogP contribution in [0.2, 0.25) is 0 Å². The highest BCUT2D eigenvalue weighted by Crippen LogP contribution is 2.27. The number of nitrogens with zero attached hydrogens (tertiary/aromatic N) is 5. The van der Waals surface area contributed by atoms with E-state index in [1.165, 1.54) is 17.5 Å². The van der Waals surface area contributed by atoms with Gasteiger partial charge in [-0.15, -0.1) is 5.10 Å². The SMILES string of the molecule is Cn1nnc(Br)c1S(=O)(=O)N1CCCC(N2CCCC2)C1. The van der Waals surface area contributed by atoms with Crippen LogP contribution in [-0.4, -0.2) is 64.8 Å². The van der Waals surface area contributed by atoms with Gasteiger partial charge in [0, 0.05) is 26.2 Å². The molecule has 0 N–H and O–H groups in total. The lowest BCUT2D eigenvalue weighted by atomic mass is 10.1. The number of aromatic nitrogens is 3. The minimum absolute atomic E-state index is 0.143. The topological polar surface area (TPSA) is 71.3 Å². The van der Waals surface area contributed by atoms with Crippen LogP contribution in [0.3, 0.4) is 0 Å². The molecule has 2 aliphatic rings. The van der Waals surface area contributed by atoms with Gasteiger partial charge in [0.05, 0.1) is 0 Å². The Balaban J connectivity index is 1.82. The number of hydrogen-bond donors (Lipinski definition) is 0. The first kappa shape index (κ1) is 15.4. The van der Waals surface area contributed by atoms with E-state index in [-0.39, 0.29) is 9.63 Å². The second-order valence-electron chi connectivity index (χ2n) is 5.71. The Bertz CT molecular complexity index is 592. The molecule has 7 nitrogen and oxygen atoms in total. The van der Waals surface area contributed by atoms with Gasteiger partial charge in [-0.2, -0.15) is 4.31 Å². The molecular weight excluding hydrogens is 358 g/mol. The minimum atomic E-state index is -3.54. The molecule has 1 atom stereocenters. The van der Waals surface area contributed by atoms with Crippen LogP contribution in [0, 0.1) is 0 Å². The number of rotatable bonds is 3. The molecule has 118 valence electrons. The quantitative estimate of drug-likeness (QED) is 0.779. The smallest absolute Gasteiger partial charge is 0.263 e. The number of aryl methyl sites for hydroxylation is 1. The van der Waals surface area contributed by atoms with Crippen molar-refractivity contribution in [1.29, 1.82) is 0 Å². The first-order valence-corrected chi connectivity index (χ1v) is 9.53. The third-order valence-electron chi connectivity index (χ3n) is 4.34. The van der Waals surface area contributed by atoms with E-state index in [1.807, 2.05) is 0 Å². The van der Waals surface area contributed by atoms with Gasteiger partial charge >= 0.3 is 0 Å². The monoisotopic (exact) mass is 377 g/mol. The lowest BCUT2D eigenvalue weighted by molar-refractivity contribution is 0.162. The van der Waals surface area contributed by atoms with E-state index in [0.717, 1.165) is 25.9 Å². The summed E-state index contributed by atoms with van der Waals surface area (Å²) in [5.74, 6) is 0. The zero-order valence-electron chi connectivity index (χ0n) is 12.1. The van der Waals surface area contributed by atoms with Crippen molar-refractivity contribution in [1.82, 2.24) is 24.2 Å². The van der Waals surface area contributed by atoms with Crippen LogP contribution >= 0.6 is 15.9 Å². The van der Waals surface area contributed by atoms with E-state index in [1.54, 1.807) is 11.4 Å². The van der Waals surface area contributed by atoms with E-state index in [9.17, 15) is 8.42 Å². The van der Waals surface area contributed by atoms with Crippen molar-refractivity contribution in [3.63, 3.8) is 0 Å². The summed E-state index contributed by atoms with van der Waals surface area (Å²) < 4.78 is 28.8. The van der Waals surface area contributed by atoms with Crippen LogP contribution in [0.4, 0.5) is 0 Å². The first-order valence-electron chi connectivity index (χ1n) is 7.29. The van der Waals surface area contributed by atoms with E-state index >= 15 is 0 Å². The standard InChI is InChI=1S/C12H20BrN5O2S/c1-16-12(11(13)14-15-16)21(19,20)18-8-4-5-10(9-18)17-6-2-3-7-17/h10H,2-9H2,1H3. The van der Waals surface area contributed by atoms with Crippen LogP contribution in [0.5, 0.6) is 0 Å². The predicted octanol–water partition coefficient (Wildman–Crippen LogP) is 0.826. The number of sulfonamides is 1. The molecule has 0 bridgehead atoms. The summed E-state index contributed by atoms with van der Waals surface area (Å²) in [6.07, 6.45) is 4.43. The van der Waals surface area contributed by atoms with Gasteiger partial charge in [0.1, 0.15) is 0 Å². The summed E-state index contributed by atoms with van der Waals surface area (Å²) in [5.41, 5.74) is 0. The van der Waals surface area contributed by atoms with E-state index in [2.05, 4.69) is 31.1 Å². The van der Waals surface area contributed by atoms with Gasteiger partial charge in [-0.05, 0) is 54.7 Å². The Morgan fingerprint density at radius 1 is 1.19 bits per heavy atom. The molecule has 0 aliphatic carbocycles. The highest BCUT2D eigenvalue weighted by Gasteiger charge is 2.36. The van der Waals surface area contributed by atoms with Crippen LogP contribution < -0.4 is 0 Å². The number of likely N-dealkylation sites (tertiary alicyclic amines) is 1. The number of piperidine rings is 1. The van der Waals surface area contributed by atoms with Crippen LogP contribution in [0.25, 0.3) is 0 Å². The molecule has 1 unspecified atom stereocenters. The van der Waals surface area contributed by atoms with Crippen molar-refractivity contribution in [2.75, 3.05) is 26.2 Å². The van der Waals surface area contributed by atoms with Gasteiger partial charge in [0.15, 0.2) is 4.60 Å². The highest BCUT2D eigenvalue weighted by atomic mass is 79.9. The second-order valence-corrected chi connectivity index (χ2v) is 8.32. The first-order chi connectivity index (χ1) is 10.00. The van der Waals surface area contributed by atoms with Crippen molar-refractivity contribution in [3.05, 3.63) is 4.60 Å². The molecule has 3 heterocycles. The molecule has 1 aromatic heterocycles. The van der Waals surface area contributed by atoms with Crippen LogP contribution in [0.1, 0.15) is 25.7 Å². The number of halogens is 1. The molecule has 2 aliphatic heterocycles. The fraction of sp³-hybridized carbons (Fsp3) is 0.833. The summed E-state index contributed by atoms with van der Waals surface area (Å²) in [6.45, 7) is 3.33. The number of hydrogen-bond acceptors (Lipinski definition) is 5. The molecule has 2 fully saturated rings. The van der Waals surface area contributed by atoms with Gasteiger partial charge in [-0.1, -0.05) is 5.21 Å². The molecule has 9 heteroatoms. The largest absolute Gasteiger partial charge is 0.299 e. The lowest BCUT2D eigenvalue weighted by Crippen LogP contribution is -2.49. The molecule has 0 spiro atoms. The second kappa shape index (κ2) is 5.94. The maximum absolute atomic E-state index is 12.8. The zero-order valence-corrected chi connectivity index (χ0v) is 14.5. The van der Waals surface area contributed by atoms with E-state index in [4.69, 9.17) is 0 Å². The summed E-state index contributed by atoms with van der Waals surface area (Å²) in [5, 5.41) is 7.71. The lowest BCUT2D eigenvalue weighted by Gasteiger charge is -2.36. The predicted molar refractivity (Wildman–Crippen MR) is 81.3 cm³/mol. The van der Waals surface area contributed by atoms with Crippen molar-refractivity contribution >= 4 is 26.0 Å². The van der Waals surface area contributed by atoms with Crippen LogP contribution in [0.15, 0.2) is 9.63 Å². The molecule has 0 amide bonds. The van der Waals surface area contributed by atoms with Gasteiger partial charge in [0.25, 0.3) is 10.0 Å². The molecule has 1 aromatic rings. The van der Waals surface area contributed by atoms with Crippen molar-refractivity contribution in [3.8, 4) is 0 Å². The summed E-state index contributed by atoms with van der Waals surface area (Å²) in [4.78, 5) is 2.43. The van der Waals surface area contributed by atoms with E-state index < -0.39 is 10.0 Å². The average Bonchev–Trinajstić information content (AvgIpc) is 3.09. The van der Waals surface area contributed by atoms with Gasteiger partial charge in [-0.3, -0.25) is 4.90 Å². The average molecular weight is 378 g/mol. The van der Waals surface area contributed by atoms with Gasteiger partial charge in [-0.25, -0.2) is 13.1 Å². The maximum atomic E-state index is 12.8. The van der Waals surface area contributed by atoms with Gasteiger partial charge < -0.3 is 0 Å². The molecule has 0 saturated carbocycles. The zero-order chi connectivity index (χ0) is 15.0.